The van der Waals surface area contributed by atoms with Gasteiger partial charge in [-0.25, -0.2) is 4.68 Å². The number of nitrogens with one attached hydrogen (secondary N) is 1. The van der Waals surface area contributed by atoms with Crippen molar-refractivity contribution < 1.29 is 4.74 Å². The van der Waals surface area contributed by atoms with Gasteiger partial charge in [0.15, 0.2) is 5.82 Å². The lowest BCUT2D eigenvalue weighted by molar-refractivity contribution is 0.0893. The van der Waals surface area contributed by atoms with E-state index in [4.69, 9.17) is 4.74 Å². The summed E-state index contributed by atoms with van der Waals surface area (Å²) in [5.74, 6) is 0.828. The summed E-state index contributed by atoms with van der Waals surface area (Å²) >= 11 is 0. The summed E-state index contributed by atoms with van der Waals surface area (Å²) in [6.45, 7) is 9.07. The second-order valence-electron chi connectivity index (χ2n) is 10.1. The Labute approximate surface area is 217 Å². The summed E-state index contributed by atoms with van der Waals surface area (Å²) in [5.41, 5.74) is 5.23. The number of ether oxygens (including phenoxy) is 1. The fourth-order valence-corrected chi connectivity index (χ4v) is 5.29. The Morgan fingerprint density at radius 3 is 2.73 bits per heavy atom. The molecule has 0 aliphatic carbocycles. The van der Waals surface area contributed by atoms with Gasteiger partial charge in [-0.2, -0.15) is 0 Å². The van der Waals surface area contributed by atoms with Crippen molar-refractivity contribution in [3.8, 4) is 0 Å². The maximum absolute atomic E-state index is 13.2. The molecule has 2 aromatic carbocycles. The van der Waals surface area contributed by atoms with Gasteiger partial charge < -0.3 is 9.72 Å². The molecule has 0 saturated carbocycles. The van der Waals surface area contributed by atoms with Gasteiger partial charge in [-0.05, 0) is 90.2 Å². The van der Waals surface area contributed by atoms with E-state index in [0.717, 1.165) is 61.1 Å². The second kappa shape index (κ2) is 11.4. The number of benzene rings is 2. The number of rotatable bonds is 10. The molecule has 1 saturated heterocycles. The molecule has 0 radical (unpaired) electrons. The lowest BCUT2D eigenvalue weighted by Crippen LogP contribution is -2.34. The van der Waals surface area contributed by atoms with E-state index >= 15 is 0 Å². The van der Waals surface area contributed by atoms with Gasteiger partial charge in [0.05, 0.1) is 18.7 Å². The summed E-state index contributed by atoms with van der Waals surface area (Å²) in [7, 11) is 0. The fourth-order valence-electron chi connectivity index (χ4n) is 5.29. The van der Waals surface area contributed by atoms with Crippen LogP contribution in [-0.4, -0.2) is 49.3 Å². The molecule has 8 nitrogen and oxygen atoms in total. The van der Waals surface area contributed by atoms with Crippen molar-refractivity contribution in [1.82, 2.24) is 30.1 Å². The van der Waals surface area contributed by atoms with E-state index in [2.05, 4.69) is 82.6 Å². The van der Waals surface area contributed by atoms with Gasteiger partial charge in [0.2, 0.25) is 0 Å². The lowest BCUT2D eigenvalue weighted by atomic mass is 10.0. The summed E-state index contributed by atoms with van der Waals surface area (Å²) in [4.78, 5) is 18.7. The molecular formula is C29H36N6O2. The summed E-state index contributed by atoms with van der Waals surface area (Å²) in [6, 6.07) is 16.7. The minimum atomic E-state index is -0.0470. The molecule has 1 aliphatic heterocycles. The van der Waals surface area contributed by atoms with Gasteiger partial charge in [0.1, 0.15) is 0 Å². The molecule has 2 unspecified atom stereocenters. The smallest absolute Gasteiger partial charge is 0.252 e. The Morgan fingerprint density at radius 1 is 1.16 bits per heavy atom. The van der Waals surface area contributed by atoms with E-state index in [1.54, 1.807) is 0 Å². The van der Waals surface area contributed by atoms with Crippen molar-refractivity contribution in [2.24, 2.45) is 0 Å². The van der Waals surface area contributed by atoms with Crippen LogP contribution < -0.4 is 5.56 Å². The average Bonchev–Trinajstić information content (AvgIpc) is 3.58. The van der Waals surface area contributed by atoms with Crippen molar-refractivity contribution in [3.63, 3.8) is 0 Å². The lowest BCUT2D eigenvalue weighted by Gasteiger charge is -2.30. The molecule has 3 heterocycles. The van der Waals surface area contributed by atoms with Crippen LogP contribution in [0, 0.1) is 13.8 Å². The third-order valence-electron chi connectivity index (χ3n) is 7.53. The first-order valence-corrected chi connectivity index (χ1v) is 13.3. The molecule has 8 heteroatoms. The minimum Gasteiger partial charge on any atom is -0.376 e. The fraction of sp³-hybridized carbons (Fsp3) is 0.448. The van der Waals surface area contributed by atoms with Gasteiger partial charge in [-0.3, -0.25) is 9.69 Å². The summed E-state index contributed by atoms with van der Waals surface area (Å²) in [5, 5.41) is 13.9. The standard InChI is InChI=1S/C29H36N6O2/c1-4-27(28-31-32-33-35(28)19-25-11-8-14-37-25)34(13-12-22-9-6-5-7-10-22)18-24-17-23-15-20(2)21(3)16-26(23)30-29(24)36/h5-7,9-10,15-17,25,27H,4,8,11-14,18-19H2,1-3H3,(H,30,36). The average molecular weight is 501 g/mol. The first-order chi connectivity index (χ1) is 18.0. The van der Waals surface area contributed by atoms with Gasteiger partial charge >= 0.3 is 0 Å². The summed E-state index contributed by atoms with van der Waals surface area (Å²) in [6.07, 6.45) is 3.94. The molecule has 5 rings (SSSR count). The predicted octanol–water partition coefficient (Wildman–Crippen LogP) is 4.51. The van der Waals surface area contributed by atoms with Gasteiger partial charge in [0.25, 0.3) is 5.56 Å². The number of aryl methyl sites for hydroxylation is 2. The van der Waals surface area contributed by atoms with Gasteiger partial charge in [-0.15, -0.1) is 5.10 Å². The molecule has 2 atom stereocenters. The molecule has 2 aromatic heterocycles. The molecule has 0 spiro atoms. The maximum atomic E-state index is 13.2. The van der Waals surface area contributed by atoms with Crippen LogP contribution in [0.15, 0.2) is 53.3 Å². The van der Waals surface area contributed by atoms with Crippen LogP contribution in [0.25, 0.3) is 10.9 Å². The third kappa shape index (κ3) is 5.81. The first-order valence-electron chi connectivity index (χ1n) is 13.3. The van der Waals surface area contributed by atoms with Crippen molar-refractivity contribution in [3.05, 3.63) is 87.0 Å². The maximum Gasteiger partial charge on any atom is 0.252 e. The Morgan fingerprint density at radius 2 is 1.97 bits per heavy atom. The number of nitrogens with zero attached hydrogens (tertiary/aromatic N) is 5. The van der Waals surface area contributed by atoms with Crippen LogP contribution in [-0.2, 0) is 24.2 Å². The molecule has 0 bridgehead atoms. The monoisotopic (exact) mass is 500 g/mol. The van der Waals surface area contributed by atoms with E-state index in [9.17, 15) is 4.79 Å². The van der Waals surface area contributed by atoms with Crippen molar-refractivity contribution in [2.75, 3.05) is 13.2 Å². The number of aromatic amines is 1. The number of H-pyrrole nitrogens is 1. The second-order valence-corrected chi connectivity index (χ2v) is 10.1. The van der Waals surface area contributed by atoms with Crippen molar-refractivity contribution >= 4 is 10.9 Å². The van der Waals surface area contributed by atoms with Crippen molar-refractivity contribution in [2.45, 2.75) is 71.7 Å². The minimum absolute atomic E-state index is 0.0324. The quantitative estimate of drug-likeness (QED) is 0.345. The van der Waals surface area contributed by atoms with Crippen LogP contribution >= 0.6 is 0 Å². The third-order valence-corrected chi connectivity index (χ3v) is 7.53. The zero-order valence-electron chi connectivity index (χ0n) is 22.0. The highest BCUT2D eigenvalue weighted by atomic mass is 16.5. The Hall–Kier alpha value is -3.36. The van der Waals surface area contributed by atoms with Gasteiger partial charge in [0, 0.05) is 30.8 Å². The number of fused-ring (bicyclic) bond motifs is 1. The number of hydrogen-bond donors (Lipinski definition) is 1. The molecule has 194 valence electrons. The zero-order chi connectivity index (χ0) is 25.8. The molecule has 4 aromatic rings. The van der Waals surface area contributed by atoms with Crippen LogP contribution in [0.2, 0.25) is 0 Å². The number of pyridine rings is 1. The molecule has 1 fully saturated rings. The van der Waals surface area contributed by atoms with Crippen LogP contribution in [0.4, 0.5) is 0 Å². The largest absolute Gasteiger partial charge is 0.376 e. The normalized spacial score (nSPS) is 16.6. The zero-order valence-corrected chi connectivity index (χ0v) is 22.0. The predicted molar refractivity (Wildman–Crippen MR) is 144 cm³/mol. The number of aromatic nitrogens is 5. The number of tetrazole rings is 1. The molecule has 0 amide bonds. The highest BCUT2D eigenvalue weighted by Crippen LogP contribution is 2.26. The van der Waals surface area contributed by atoms with E-state index in [-0.39, 0.29) is 17.7 Å². The molecule has 37 heavy (non-hydrogen) atoms. The van der Waals surface area contributed by atoms with Crippen LogP contribution in [0.1, 0.15) is 60.3 Å². The first kappa shape index (κ1) is 25.3. The van der Waals surface area contributed by atoms with Crippen LogP contribution in [0.5, 0.6) is 0 Å². The van der Waals surface area contributed by atoms with Crippen LogP contribution in [0.3, 0.4) is 0 Å². The molecule has 1 aliphatic rings. The Bertz CT molecular complexity index is 1390. The van der Waals surface area contributed by atoms with Gasteiger partial charge in [-0.1, -0.05) is 37.3 Å². The van der Waals surface area contributed by atoms with E-state index in [1.807, 2.05) is 16.8 Å². The van der Waals surface area contributed by atoms with E-state index in [0.29, 0.717) is 13.1 Å². The highest BCUT2D eigenvalue weighted by molar-refractivity contribution is 5.80. The highest BCUT2D eigenvalue weighted by Gasteiger charge is 2.27. The Balaban J connectivity index is 1.47. The SMILES string of the molecule is CCC(c1nnnn1CC1CCCO1)N(CCc1ccccc1)Cc1cc2cc(C)c(C)cc2[nH]c1=O. The van der Waals surface area contributed by atoms with E-state index < -0.39 is 0 Å². The van der Waals surface area contributed by atoms with E-state index in [1.165, 1.54) is 16.7 Å². The molecular weight excluding hydrogens is 464 g/mol. The summed E-state index contributed by atoms with van der Waals surface area (Å²) < 4.78 is 7.75. The number of hydrogen-bond acceptors (Lipinski definition) is 6. The van der Waals surface area contributed by atoms with Crippen molar-refractivity contribution in [1.29, 1.82) is 0 Å². The Kier molecular flexibility index (Phi) is 7.76. The topological polar surface area (TPSA) is 88.9 Å². The molecule has 1 N–H and O–H groups in total.